The van der Waals surface area contributed by atoms with Crippen LogP contribution < -0.4 is 5.32 Å². The van der Waals surface area contributed by atoms with E-state index in [1.54, 1.807) is 30.3 Å². The van der Waals surface area contributed by atoms with Gasteiger partial charge in [0.15, 0.2) is 0 Å². The molecule has 0 aliphatic heterocycles. The molecule has 0 spiro atoms. The Morgan fingerprint density at radius 2 is 1.94 bits per heavy atom. The quantitative estimate of drug-likeness (QED) is 0.590. The van der Waals surface area contributed by atoms with Crippen LogP contribution in [0, 0.1) is 5.82 Å². The van der Waals surface area contributed by atoms with E-state index in [1.165, 1.54) is 30.3 Å². The highest BCUT2D eigenvalue weighted by Crippen LogP contribution is 2.37. The summed E-state index contributed by atoms with van der Waals surface area (Å²) in [6.45, 7) is 0.0781. The minimum atomic E-state index is -2.85. The maximum absolute atomic E-state index is 14.5. The number of nitrogens with one attached hydrogen (secondary N) is 2. The van der Waals surface area contributed by atoms with E-state index in [0.29, 0.717) is 29.5 Å². The zero-order valence-corrected chi connectivity index (χ0v) is 17.6. The van der Waals surface area contributed by atoms with E-state index >= 15 is 0 Å². The van der Waals surface area contributed by atoms with Gasteiger partial charge in [-0.1, -0.05) is 18.2 Å². The van der Waals surface area contributed by atoms with Crippen molar-refractivity contribution in [2.24, 2.45) is 0 Å². The Kier molecular flexibility index (Phi) is 5.95. The van der Waals surface area contributed by atoms with E-state index in [9.17, 15) is 22.8 Å². The molecule has 5 nitrogen and oxygen atoms in total. The monoisotopic (exact) mass is 443 g/mol. The van der Waals surface area contributed by atoms with Gasteiger partial charge in [-0.3, -0.25) is 9.59 Å². The zero-order chi connectivity index (χ0) is 22.9. The molecule has 168 valence electrons. The number of H-pyrrole nitrogens is 1. The molecule has 1 heterocycles. The number of benzene rings is 2. The van der Waals surface area contributed by atoms with Gasteiger partial charge < -0.3 is 15.2 Å². The van der Waals surface area contributed by atoms with Crippen molar-refractivity contribution in [2.75, 3.05) is 7.05 Å². The predicted molar refractivity (Wildman–Crippen MR) is 115 cm³/mol. The van der Waals surface area contributed by atoms with Gasteiger partial charge in [-0.05, 0) is 42.7 Å². The number of amides is 2. The summed E-state index contributed by atoms with van der Waals surface area (Å²) in [5.41, 5.74) is 1.74. The lowest BCUT2D eigenvalue weighted by atomic mass is 9.90. The molecule has 1 fully saturated rings. The van der Waals surface area contributed by atoms with Crippen molar-refractivity contribution in [3.63, 3.8) is 0 Å². The van der Waals surface area contributed by atoms with Crippen LogP contribution in [0.4, 0.5) is 13.2 Å². The molecule has 0 bridgehead atoms. The van der Waals surface area contributed by atoms with Gasteiger partial charge in [0.1, 0.15) is 5.82 Å². The molecule has 1 saturated carbocycles. The summed E-state index contributed by atoms with van der Waals surface area (Å²) in [4.78, 5) is 29.6. The highest BCUT2D eigenvalue weighted by atomic mass is 19.3. The smallest absolute Gasteiger partial charge is 0.256 e. The second kappa shape index (κ2) is 8.68. The second-order valence-electron chi connectivity index (χ2n) is 8.18. The van der Waals surface area contributed by atoms with Crippen molar-refractivity contribution in [2.45, 2.75) is 44.2 Å². The topological polar surface area (TPSA) is 65.2 Å². The Balaban J connectivity index is 1.69. The normalized spacial score (nSPS) is 17.8. The lowest BCUT2D eigenvalue weighted by molar-refractivity contribution is -0.0600. The van der Waals surface area contributed by atoms with E-state index in [0.717, 1.165) is 0 Å². The van der Waals surface area contributed by atoms with Crippen LogP contribution in [-0.2, 0) is 6.54 Å². The van der Waals surface area contributed by atoms with Crippen LogP contribution in [0.5, 0.6) is 0 Å². The molecular weight excluding hydrogens is 419 g/mol. The van der Waals surface area contributed by atoms with Crippen molar-refractivity contribution >= 4 is 22.7 Å². The Morgan fingerprint density at radius 1 is 1.19 bits per heavy atom. The molecule has 2 N–H and O–H groups in total. The highest BCUT2D eigenvalue weighted by Gasteiger charge is 2.40. The Labute approximate surface area is 183 Å². The number of hydrogen-bond donors (Lipinski definition) is 2. The fourth-order valence-electron chi connectivity index (χ4n) is 4.34. The molecule has 0 radical (unpaired) electrons. The number of carbonyl (C=O) groups is 2. The zero-order valence-electron chi connectivity index (χ0n) is 17.6. The summed E-state index contributed by atoms with van der Waals surface area (Å²) >= 11 is 0. The first-order chi connectivity index (χ1) is 15.3. The Bertz CT molecular complexity index is 1140. The van der Waals surface area contributed by atoms with Crippen molar-refractivity contribution in [3.05, 3.63) is 71.2 Å². The SMILES string of the molecule is CNC(=O)c1ccc(CN(C(=O)c2c[nH]c3cccc(F)c23)C2CCCC(F)(F)C2)cc1. The molecule has 4 rings (SSSR count). The summed E-state index contributed by atoms with van der Waals surface area (Å²) < 4.78 is 42.9. The fraction of sp³-hybridized carbons (Fsp3) is 0.333. The van der Waals surface area contributed by atoms with Crippen LogP contribution >= 0.6 is 0 Å². The maximum atomic E-state index is 14.5. The van der Waals surface area contributed by atoms with Crippen LogP contribution in [0.25, 0.3) is 10.9 Å². The molecule has 0 saturated heterocycles. The number of aromatic nitrogens is 1. The Morgan fingerprint density at radius 3 is 2.62 bits per heavy atom. The summed E-state index contributed by atoms with van der Waals surface area (Å²) in [5.74, 6) is -4.14. The molecule has 8 heteroatoms. The van der Waals surface area contributed by atoms with Gasteiger partial charge in [0.25, 0.3) is 11.8 Å². The summed E-state index contributed by atoms with van der Waals surface area (Å²) in [5, 5.41) is 2.69. The van der Waals surface area contributed by atoms with Crippen molar-refractivity contribution in [1.29, 1.82) is 0 Å². The van der Waals surface area contributed by atoms with Gasteiger partial charge >= 0.3 is 0 Å². The van der Waals surface area contributed by atoms with Crippen molar-refractivity contribution in [1.82, 2.24) is 15.2 Å². The van der Waals surface area contributed by atoms with Gasteiger partial charge in [-0.25, -0.2) is 13.2 Å². The van der Waals surface area contributed by atoms with Gasteiger partial charge in [0, 0.05) is 55.1 Å². The minimum Gasteiger partial charge on any atom is -0.360 e. The molecule has 2 amide bonds. The largest absolute Gasteiger partial charge is 0.360 e. The predicted octanol–water partition coefficient (Wildman–Crippen LogP) is 4.89. The van der Waals surface area contributed by atoms with E-state index in [1.807, 2.05) is 0 Å². The third-order valence-electron chi connectivity index (χ3n) is 6.00. The standard InChI is InChI=1S/C24H24F3N3O2/c1-28-22(31)16-9-7-15(8-10-16)14-30(17-4-3-11-24(26,27)12-17)23(32)18-13-29-20-6-2-5-19(25)21(18)20/h2,5-10,13,17,29H,3-4,11-12,14H2,1H3,(H,28,31). The van der Waals surface area contributed by atoms with Crippen LogP contribution in [0.1, 0.15) is 52.0 Å². The number of rotatable bonds is 5. The van der Waals surface area contributed by atoms with Crippen molar-refractivity contribution in [3.8, 4) is 0 Å². The first-order valence-corrected chi connectivity index (χ1v) is 10.5. The van der Waals surface area contributed by atoms with Gasteiger partial charge in [-0.15, -0.1) is 0 Å². The van der Waals surface area contributed by atoms with E-state index in [2.05, 4.69) is 10.3 Å². The summed E-state index contributed by atoms with van der Waals surface area (Å²) in [6.07, 6.45) is 1.55. The molecule has 1 aliphatic rings. The second-order valence-corrected chi connectivity index (χ2v) is 8.18. The average molecular weight is 443 g/mol. The summed E-state index contributed by atoms with van der Waals surface area (Å²) in [7, 11) is 1.53. The van der Waals surface area contributed by atoms with Crippen LogP contribution in [0.3, 0.4) is 0 Å². The molecule has 1 atom stereocenters. The number of halogens is 3. The van der Waals surface area contributed by atoms with Gasteiger partial charge in [-0.2, -0.15) is 0 Å². The summed E-state index contributed by atoms with van der Waals surface area (Å²) in [6, 6.07) is 10.4. The molecule has 32 heavy (non-hydrogen) atoms. The Hall–Kier alpha value is -3.29. The van der Waals surface area contributed by atoms with Crippen LogP contribution in [0.15, 0.2) is 48.7 Å². The van der Waals surface area contributed by atoms with Gasteiger partial charge in [0.2, 0.25) is 5.92 Å². The number of alkyl halides is 2. The fourth-order valence-corrected chi connectivity index (χ4v) is 4.34. The van der Waals surface area contributed by atoms with E-state index < -0.39 is 30.1 Å². The molecule has 1 aliphatic carbocycles. The lowest BCUT2D eigenvalue weighted by Gasteiger charge is -2.37. The first kappa shape index (κ1) is 21.9. The van der Waals surface area contributed by atoms with Gasteiger partial charge in [0.05, 0.1) is 5.56 Å². The third-order valence-corrected chi connectivity index (χ3v) is 6.00. The van der Waals surface area contributed by atoms with Crippen molar-refractivity contribution < 1.29 is 22.8 Å². The van der Waals surface area contributed by atoms with E-state index in [4.69, 9.17) is 0 Å². The molecule has 3 aromatic rings. The third kappa shape index (κ3) is 4.35. The molecule has 1 aromatic heterocycles. The lowest BCUT2D eigenvalue weighted by Crippen LogP contribution is -2.45. The first-order valence-electron chi connectivity index (χ1n) is 10.5. The van der Waals surface area contributed by atoms with E-state index in [-0.39, 0.29) is 29.8 Å². The number of fused-ring (bicyclic) bond motifs is 1. The number of hydrogen-bond acceptors (Lipinski definition) is 2. The van der Waals surface area contributed by atoms with Crippen LogP contribution in [0.2, 0.25) is 0 Å². The molecule has 2 aromatic carbocycles. The average Bonchev–Trinajstić information content (AvgIpc) is 3.22. The maximum Gasteiger partial charge on any atom is 0.256 e. The molecular formula is C24H24F3N3O2. The molecule has 1 unspecified atom stereocenters. The number of nitrogens with zero attached hydrogens (tertiary/aromatic N) is 1. The number of carbonyl (C=O) groups excluding carboxylic acids is 2. The minimum absolute atomic E-state index is 0.0781. The number of aromatic amines is 1. The van der Waals surface area contributed by atoms with Crippen LogP contribution in [-0.4, -0.2) is 40.7 Å². The highest BCUT2D eigenvalue weighted by molar-refractivity contribution is 6.07.